The number of carbonyl (C=O) groups excluding carboxylic acids is 2. The van der Waals surface area contributed by atoms with Crippen LogP contribution in [0.2, 0.25) is 0 Å². The number of halogens is 1. The number of anilines is 1. The highest BCUT2D eigenvalue weighted by molar-refractivity contribution is 6.09. The van der Waals surface area contributed by atoms with Gasteiger partial charge in [-0.15, -0.1) is 12.4 Å². The van der Waals surface area contributed by atoms with Crippen LogP contribution in [-0.4, -0.2) is 38.0 Å². The van der Waals surface area contributed by atoms with Gasteiger partial charge in [0.05, 0.1) is 0 Å². The van der Waals surface area contributed by atoms with Crippen LogP contribution in [0.25, 0.3) is 0 Å². The van der Waals surface area contributed by atoms with E-state index < -0.39 is 5.92 Å². The van der Waals surface area contributed by atoms with Crippen molar-refractivity contribution in [2.24, 2.45) is 11.8 Å². The maximum absolute atomic E-state index is 12.7. The number of rotatable bonds is 5. The highest BCUT2D eigenvalue weighted by atomic mass is 35.5. The first-order valence-electron chi connectivity index (χ1n) is 9.46. The third-order valence-corrected chi connectivity index (χ3v) is 5.36. The van der Waals surface area contributed by atoms with Crippen molar-refractivity contribution in [3.05, 3.63) is 29.8 Å². The standard InChI is InChI=1S/C20H29N3O2.ClH/c1-14(2)16-5-7-17(8-6-16)23-11-9-18(20(23)25)19(24)22-13-15-4-3-10-21-12-15;/h5-8,14-15,18,21H,3-4,9-13H2,1-2H3,(H,22,24);1H. The molecule has 3 rings (SSSR count). The van der Waals surface area contributed by atoms with Gasteiger partial charge in [-0.25, -0.2) is 0 Å². The lowest BCUT2D eigenvalue weighted by atomic mass is 9.99. The van der Waals surface area contributed by atoms with E-state index in [2.05, 4.69) is 36.6 Å². The molecule has 5 nitrogen and oxygen atoms in total. The van der Waals surface area contributed by atoms with E-state index >= 15 is 0 Å². The lowest BCUT2D eigenvalue weighted by Gasteiger charge is -2.23. The average molecular weight is 380 g/mol. The van der Waals surface area contributed by atoms with Crippen molar-refractivity contribution in [3.63, 3.8) is 0 Å². The highest BCUT2D eigenvalue weighted by Gasteiger charge is 2.37. The number of hydrogen-bond acceptors (Lipinski definition) is 3. The lowest BCUT2D eigenvalue weighted by Crippen LogP contribution is -2.42. The maximum Gasteiger partial charge on any atom is 0.239 e. The molecule has 2 N–H and O–H groups in total. The third kappa shape index (κ3) is 4.77. The average Bonchev–Trinajstić information content (AvgIpc) is 3.02. The van der Waals surface area contributed by atoms with E-state index in [1.807, 2.05) is 12.1 Å². The van der Waals surface area contributed by atoms with Gasteiger partial charge >= 0.3 is 0 Å². The van der Waals surface area contributed by atoms with Gasteiger partial charge in [-0.2, -0.15) is 0 Å². The number of amides is 2. The summed E-state index contributed by atoms with van der Waals surface area (Å²) in [5.74, 6) is 0.222. The van der Waals surface area contributed by atoms with Gasteiger partial charge in [-0.05, 0) is 61.9 Å². The van der Waals surface area contributed by atoms with Gasteiger partial charge in [0.1, 0.15) is 5.92 Å². The Bertz CT molecular complexity index is 612. The summed E-state index contributed by atoms with van der Waals surface area (Å²) < 4.78 is 0. The number of carbonyl (C=O) groups is 2. The second kappa shape index (κ2) is 9.38. The van der Waals surface area contributed by atoms with Gasteiger partial charge in [0.25, 0.3) is 0 Å². The summed E-state index contributed by atoms with van der Waals surface area (Å²) in [6.45, 7) is 7.60. The summed E-state index contributed by atoms with van der Waals surface area (Å²) in [5.41, 5.74) is 2.15. The molecule has 0 saturated carbocycles. The molecule has 144 valence electrons. The Hall–Kier alpha value is -1.59. The minimum atomic E-state index is -0.540. The highest BCUT2D eigenvalue weighted by Crippen LogP contribution is 2.27. The monoisotopic (exact) mass is 379 g/mol. The zero-order valence-electron chi connectivity index (χ0n) is 15.7. The number of nitrogens with zero attached hydrogens (tertiary/aromatic N) is 1. The van der Waals surface area contributed by atoms with E-state index in [4.69, 9.17) is 0 Å². The van der Waals surface area contributed by atoms with Crippen LogP contribution >= 0.6 is 12.4 Å². The van der Waals surface area contributed by atoms with E-state index in [1.165, 1.54) is 5.56 Å². The Labute approximate surface area is 162 Å². The van der Waals surface area contributed by atoms with Gasteiger partial charge in [0.15, 0.2) is 0 Å². The van der Waals surface area contributed by atoms with Crippen LogP contribution in [0.4, 0.5) is 5.69 Å². The molecule has 1 aromatic carbocycles. The Morgan fingerprint density at radius 1 is 1.27 bits per heavy atom. The normalized spacial score (nSPS) is 23.0. The van der Waals surface area contributed by atoms with Crippen LogP contribution in [0, 0.1) is 11.8 Å². The second-order valence-electron chi connectivity index (χ2n) is 7.53. The zero-order valence-corrected chi connectivity index (χ0v) is 16.5. The van der Waals surface area contributed by atoms with Crippen molar-refractivity contribution in [2.75, 3.05) is 31.1 Å². The van der Waals surface area contributed by atoms with E-state index in [9.17, 15) is 9.59 Å². The summed E-state index contributed by atoms with van der Waals surface area (Å²) in [4.78, 5) is 26.9. The molecular formula is C20H30ClN3O2. The Balaban J connectivity index is 0.00000243. The molecule has 0 bridgehead atoms. The van der Waals surface area contributed by atoms with E-state index in [0.717, 1.165) is 31.6 Å². The Morgan fingerprint density at radius 3 is 2.62 bits per heavy atom. The van der Waals surface area contributed by atoms with Crippen molar-refractivity contribution >= 4 is 29.9 Å². The lowest BCUT2D eigenvalue weighted by molar-refractivity contribution is -0.132. The van der Waals surface area contributed by atoms with E-state index in [-0.39, 0.29) is 24.2 Å². The smallest absolute Gasteiger partial charge is 0.239 e. The minimum Gasteiger partial charge on any atom is -0.355 e. The minimum absolute atomic E-state index is 0. The van der Waals surface area contributed by atoms with Crippen LogP contribution in [0.1, 0.15) is 44.6 Å². The van der Waals surface area contributed by atoms with Gasteiger partial charge in [0.2, 0.25) is 11.8 Å². The summed E-state index contributed by atoms with van der Waals surface area (Å²) in [5, 5.41) is 6.35. The molecular weight excluding hydrogens is 350 g/mol. The fourth-order valence-corrected chi connectivity index (χ4v) is 3.69. The van der Waals surface area contributed by atoms with Crippen molar-refractivity contribution < 1.29 is 9.59 Å². The molecule has 2 amide bonds. The van der Waals surface area contributed by atoms with Gasteiger partial charge < -0.3 is 15.5 Å². The summed E-state index contributed by atoms with van der Waals surface area (Å²) in [6, 6.07) is 8.11. The number of hydrogen-bond donors (Lipinski definition) is 2. The molecule has 2 aliphatic heterocycles. The molecule has 0 spiro atoms. The predicted octanol–water partition coefficient (Wildman–Crippen LogP) is 2.70. The van der Waals surface area contributed by atoms with Crippen LogP contribution < -0.4 is 15.5 Å². The summed E-state index contributed by atoms with van der Waals surface area (Å²) >= 11 is 0. The molecule has 2 aliphatic rings. The second-order valence-corrected chi connectivity index (χ2v) is 7.53. The molecule has 0 aromatic heterocycles. The number of benzene rings is 1. The van der Waals surface area contributed by atoms with Crippen molar-refractivity contribution in [1.82, 2.24) is 10.6 Å². The molecule has 6 heteroatoms. The first-order valence-corrected chi connectivity index (χ1v) is 9.46. The zero-order chi connectivity index (χ0) is 17.8. The Kier molecular flexibility index (Phi) is 7.47. The SMILES string of the molecule is CC(C)c1ccc(N2CCC(C(=O)NCC3CCCNC3)C2=O)cc1.Cl. The van der Waals surface area contributed by atoms with Crippen molar-refractivity contribution in [3.8, 4) is 0 Å². The van der Waals surface area contributed by atoms with Crippen molar-refractivity contribution in [2.45, 2.75) is 39.0 Å². The topological polar surface area (TPSA) is 61.4 Å². The molecule has 0 radical (unpaired) electrons. The van der Waals surface area contributed by atoms with E-state index in [1.54, 1.807) is 4.90 Å². The van der Waals surface area contributed by atoms with Gasteiger partial charge in [-0.1, -0.05) is 26.0 Å². The van der Waals surface area contributed by atoms with Crippen LogP contribution in [0.15, 0.2) is 24.3 Å². The molecule has 0 aliphatic carbocycles. The molecule has 2 fully saturated rings. The summed E-state index contributed by atoms with van der Waals surface area (Å²) in [6.07, 6.45) is 2.89. The largest absolute Gasteiger partial charge is 0.355 e. The first-order chi connectivity index (χ1) is 12.1. The molecule has 2 saturated heterocycles. The summed E-state index contributed by atoms with van der Waals surface area (Å²) in [7, 11) is 0. The number of nitrogens with one attached hydrogen (secondary N) is 2. The van der Waals surface area contributed by atoms with Crippen LogP contribution in [0.5, 0.6) is 0 Å². The molecule has 2 heterocycles. The molecule has 2 atom stereocenters. The fraction of sp³-hybridized carbons (Fsp3) is 0.600. The quantitative estimate of drug-likeness (QED) is 0.773. The molecule has 2 unspecified atom stereocenters. The number of piperidine rings is 1. The van der Waals surface area contributed by atoms with Gasteiger partial charge in [-0.3, -0.25) is 9.59 Å². The van der Waals surface area contributed by atoms with E-state index in [0.29, 0.717) is 31.3 Å². The molecule has 26 heavy (non-hydrogen) atoms. The fourth-order valence-electron chi connectivity index (χ4n) is 3.69. The predicted molar refractivity (Wildman–Crippen MR) is 107 cm³/mol. The van der Waals surface area contributed by atoms with Crippen LogP contribution in [0.3, 0.4) is 0 Å². The third-order valence-electron chi connectivity index (χ3n) is 5.36. The molecule has 1 aromatic rings. The first kappa shape index (κ1) is 20.7. The maximum atomic E-state index is 12.7. The van der Waals surface area contributed by atoms with Gasteiger partial charge in [0, 0.05) is 18.8 Å². The Morgan fingerprint density at radius 2 is 2.00 bits per heavy atom. The van der Waals surface area contributed by atoms with Crippen LogP contribution in [-0.2, 0) is 9.59 Å². The van der Waals surface area contributed by atoms with Crippen molar-refractivity contribution in [1.29, 1.82) is 0 Å².